The smallest absolute Gasteiger partial charge is 0.407 e. The maximum absolute atomic E-state index is 11.3. The quantitative estimate of drug-likeness (QED) is 0.555. The summed E-state index contributed by atoms with van der Waals surface area (Å²) in [5.74, 6) is 0. The Kier molecular flexibility index (Phi) is 2.44. The first-order valence-electron chi connectivity index (χ1n) is 5.55. The van der Waals surface area contributed by atoms with Crippen molar-refractivity contribution in [3.63, 3.8) is 0 Å². The molecule has 3 saturated carbocycles. The fourth-order valence-corrected chi connectivity index (χ4v) is 2.69. The summed E-state index contributed by atoms with van der Waals surface area (Å²) >= 11 is 0. The molecule has 0 aromatic rings. The fourth-order valence-electron chi connectivity index (χ4n) is 2.69. The highest BCUT2D eigenvalue weighted by Crippen LogP contribution is 2.65. The Morgan fingerprint density at radius 3 is 2.67 bits per heavy atom. The van der Waals surface area contributed by atoms with E-state index in [1.807, 2.05) is 0 Å². The van der Waals surface area contributed by atoms with E-state index in [9.17, 15) is 9.59 Å². The van der Waals surface area contributed by atoms with Crippen molar-refractivity contribution < 1.29 is 14.3 Å². The van der Waals surface area contributed by atoms with E-state index in [4.69, 9.17) is 4.74 Å². The highest BCUT2D eigenvalue weighted by molar-refractivity contribution is 5.74. The van der Waals surface area contributed by atoms with Gasteiger partial charge in [0.25, 0.3) is 0 Å². The number of rotatable bonds is 5. The van der Waals surface area contributed by atoms with Crippen LogP contribution >= 0.6 is 0 Å². The van der Waals surface area contributed by atoms with Crippen LogP contribution in [-0.2, 0) is 9.53 Å². The molecule has 0 aliphatic heterocycles. The summed E-state index contributed by atoms with van der Waals surface area (Å²) in [5.41, 5.74) is -0.207. The highest BCUT2D eigenvalue weighted by atomic mass is 16.5. The van der Waals surface area contributed by atoms with E-state index in [0.717, 1.165) is 38.4 Å². The minimum Gasteiger partial charge on any atom is -0.450 e. The van der Waals surface area contributed by atoms with Crippen LogP contribution < -0.4 is 5.32 Å². The van der Waals surface area contributed by atoms with Crippen LogP contribution in [0.4, 0.5) is 4.79 Å². The average Bonchev–Trinajstić information content (AvgIpc) is 2.09. The van der Waals surface area contributed by atoms with Crippen molar-refractivity contribution in [3.05, 3.63) is 0 Å². The van der Waals surface area contributed by atoms with Gasteiger partial charge in [0.15, 0.2) is 0 Å². The van der Waals surface area contributed by atoms with E-state index < -0.39 is 0 Å². The number of carbonyl (C=O) groups is 2. The predicted molar refractivity (Wildman–Crippen MR) is 54.5 cm³/mol. The van der Waals surface area contributed by atoms with Crippen LogP contribution in [0.15, 0.2) is 0 Å². The molecule has 3 rings (SSSR count). The molecule has 0 saturated heterocycles. The van der Waals surface area contributed by atoms with Gasteiger partial charge in [0.2, 0.25) is 0 Å². The third-order valence-electron chi connectivity index (χ3n) is 3.42. The molecule has 3 aliphatic carbocycles. The standard InChI is InChI=1S/C11H17NO3/c1-2-3-4-15-9(14)12-11-5-10(6-11,7-11)8-13/h8H,2-7H2,1H3,(H,12,14). The van der Waals surface area contributed by atoms with Crippen LogP contribution in [0.2, 0.25) is 0 Å². The van der Waals surface area contributed by atoms with Crippen LogP contribution in [0.1, 0.15) is 39.0 Å². The molecule has 4 nitrogen and oxygen atoms in total. The van der Waals surface area contributed by atoms with Crippen molar-refractivity contribution in [1.82, 2.24) is 5.32 Å². The first-order chi connectivity index (χ1) is 7.14. The molecule has 0 spiro atoms. The van der Waals surface area contributed by atoms with Gasteiger partial charge in [-0.2, -0.15) is 0 Å². The van der Waals surface area contributed by atoms with Gasteiger partial charge in [-0.15, -0.1) is 0 Å². The van der Waals surface area contributed by atoms with Gasteiger partial charge in [-0.05, 0) is 25.7 Å². The first-order valence-corrected chi connectivity index (χ1v) is 5.55. The molecule has 0 unspecified atom stereocenters. The summed E-state index contributed by atoms with van der Waals surface area (Å²) in [7, 11) is 0. The zero-order chi connectivity index (χ0) is 10.9. The van der Waals surface area contributed by atoms with Crippen molar-refractivity contribution in [3.8, 4) is 0 Å². The molecule has 0 heterocycles. The molecule has 15 heavy (non-hydrogen) atoms. The van der Waals surface area contributed by atoms with Gasteiger partial charge in [-0.1, -0.05) is 13.3 Å². The van der Waals surface area contributed by atoms with Crippen LogP contribution in [-0.4, -0.2) is 24.5 Å². The van der Waals surface area contributed by atoms with Gasteiger partial charge in [-0.25, -0.2) is 4.79 Å². The van der Waals surface area contributed by atoms with E-state index in [1.165, 1.54) is 0 Å². The minimum atomic E-state index is -0.331. The Balaban J connectivity index is 1.67. The molecule has 0 aromatic heterocycles. The minimum absolute atomic E-state index is 0.100. The summed E-state index contributed by atoms with van der Waals surface area (Å²) in [6.45, 7) is 2.54. The normalized spacial score (nSPS) is 36.1. The molecule has 3 aliphatic rings. The van der Waals surface area contributed by atoms with Crippen LogP contribution in [0, 0.1) is 5.41 Å². The van der Waals surface area contributed by atoms with E-state index in [1.54, 1.807) is 0 Å². The molecule has 4 heteroatoms. The number of aldehydes is 1. The van der Waals surface area contributed by atoms with Gasteiger partial charge in [0.05, 0.1) is 6.61 Å². The Morgan fingerprint density at radius 2 is 2.13 bits per heavy atom. The third-order valence-corrected chi connectivity index (χ3v) is 3.42. The first kappa shape index (κ1) is 10.5. The lowest BCUT2D eigenvalue weighted by Crippen LogP contribution is -2.75. The average molecular weight is 211 g/mol. The van der Waals surface area contributed by atoms with Crippen molar-refractivity contribution in [2.75, 3.05) is 6.61 Å². The number of unbranched alkanes of at least 4 members (excludes halogenated alkanes) is 1. The van der Waals surface area contributed by atoms with Crippen molar-refractivity contribution in [2.45, 2.75) is 44.6 Å². The Hall–Kier alpha value is -1.06. The van der Waals surface area contributed by atoms with Crippen molar-refractivity contribution in [2.24, 2.45) is 5.41 Å². The highest BCUT2D eigenvalue weighted by Gasteiger charge is 2.68. The fraction of sp³-hybridized carbons (Fsp3) is 0.818. The summed E-state index contributed by atoms with van der Waals surface area (Å²) in [6, 6.07) is 0. The van der Waals surface area contributed by atoms with Gasteiger partial charge >= 0.3 is 6.09 Å². The number of hydrogen-bond acceptors (Lipinski definition) is 3. The van der Waals surface area contributed by atoms with Crippen LogP contribution in [0.3, 0.4) is 0 Å². The topological polar surface area (TPSA) is 55.4 Å². The molecule has 2 bridgehead atoms. The maximum atomic E-state index is 11.3. The maximum Gasteiger partial charge on any atom is 0.407 e. The number of nitrogens with one attached hydrogen (secondary N) is 1. The summed E-state index contributed by atoms with van der Waals surface area (Å²) in [5, 5.41) is 2.86. The van der Waals surface area contributed by atoms with Crippen LogP contribution in [0.25, 0.3) is 0 Å². The predicted octanol–water partition coefficient (Wildman–Crippen LogP) is 1.63. The summed E-state index contributed by atoms with van der Waals surface area (Å²) in [6.07, 6.45) is 5.01. The lowest BCUT2D eigenvalue weighted by Gasteiger charge is -2.67. The van der Waals surface area contributed by atoms with Gasteiger partial charge in [-0.3, -0.25) is 0 Å². The van der Waals surface area contributed by atoms with E-state index >= 15 is 0 Å². The van der Waals surface area contributed by atoms with E-state index in [-0.39, 0.29) is 17.0 Å². The second-order valence-electron chi connectivity index (χ2n) is 4.91. The number of carbonyl (C=O) groups excluding carboxylic acids is 2. The summed E-state index contributed by atoms with van der Waals surface area (Å²) in [4.78, 5) is 22.0. The van der Waals surface area contributed by atoms with Crippen LogP contribution in [0.5, 0.6) is 0 Å². The Bertz CT molecular complexity index is 268. The zero-order valence-electron chi connectivity index (χ0n) is 9.04. The second-order valence-corrected chi connectivity index (χ2v) is 4.91. The zero-order valence-corrected chi connectivity index (χ0v) is 9.04. The monoisotopic (exact) mass is 211 g/mol. The molecule has 1 amide bonds. The van der Waals surface area contributed by atoms with Crippen molar-refractivity contribution >= 4 is 12.4 Å². The molecule has 0 atom stereocenters. The molecule has 0 aromatic carbocycles. The molecule has 0 radical (unpaired) electrons. The van der Waals surface area contributed by atoms with E-state index in [2.05, 4.69) is 12.2 Å². The Morgan fingerprint density at radius 1 is 1.47 bits per heavy atom. The van der Waals surface area contributed by atoms with Gasteiger partial charge < -0.3 is 14.8 Å². The van der Waals surface area contributed by atoms with E-state index in [0.29, 0.717) is 6.61 Å². The third kappa shape index (κ3) is 1.73. The molecular weight excluding hydrogens is 194 g/mol. The lowest BCUT2D eigenvalue weighted by atomic mass is 9.40. The largest absolute Gasteiger partial charge is 0.450 e. The van der Waals surface area contributed by atoms with Crippen molar-refractivity contribution in [1.29, 1.82) is 0 Å². The Labute approximate surface area is 89.4 Å². The SMILES string of the molecule is CCCCOC(=O)NC12CC(C=O)(C1)C2. The summed E-state index contributed by atoms with van der Waals surface area (Å²) < 4.78 is 5.01. The number of amides is 1. The molecule has 84 valence electrons. The molecular formula is C11H17NO3. The second kappa shape index (κ2) is 3.51. The molecule has 1 N–H and O–H groups in total. The lowest BCUT2D eigenvalue weighted by molar-refractivity contribution is -0.163. The molecule has 3 fully saturated rings. The van der Waals surface area contributed by atoms with Gasteiger partial charge in [0.1, 0.15) is 6.29 Å². The number of hydrogen-bond donors (Lipinski definition) is 1. The number of ether oxygens (including phenoxy) is 1. The number of alkyl carbamates (subject to hydrolysis) is 1. The van der Waals surface area contributed by atoms with Gasteiger partial charge in [0, 0.05) is 11.0 Å².